The van der Waals surface area contributed by atoms with Crippen LogP contribution in [0.15, 0.2) is 48.6 Å². The molecule has 0 bridgehead atoms. The van der Waals surface area contributed by atoms with Crippen molar-refractivity contribution in [2.75, 3.05) is 0 Å². The van der Waals surface area contributed by atoms with Gasteiger partial charge in [-0.2, -0.15) is 0 Å². The second-order valence-electron chi connectivity index (χ2n) is 3.35. The van der Waals surface area contributed by atoms with E-state index in [0.717, 1.165) is 11.8 Å². The maximum absolute atomic E-state index is 10.1. The van der Waals surface area contributed by atoms with Gasteiger partial charge in [0.25, 0.3) is 0 Å². The number of carbonyl (C=O) groups excluding carboxylic acids is 3. The van der Waals surface area contributed by atoms with Crippen LogP contribution in [0.3, 0.4) is 0 Å². The maximum Gasteiger partial charge on any atom is 0.163 e. The highest BCUT2D eigenvalue weighted by Crippen LogP contribution is 1.99. The summed E-state index contributed by atoms with van der Waals surface area (Å²) in [6, 6.07) is 9.70. The van der Waals surface area contributed by atoms with Crippen molar-refractivity contribution in [3.63, 3.8) is 0 Å². The summed E-state index contributed by atoms with van der Waals surface area (Å²) in [5.74, 6) is -0.157. The third-order valence-electron chi connectivity index (χ3n) is 1.97. The van der Waals surface area contributed by atoms with Crippen LogP contribution in [0.1, 0.15) is 12.0 Å². The van der Waals surface area contributed by atoms with Crippen molar-refractivity contribution >= 4 is 23.9 Å². The van der Waals surface area contributed by atoms with E-state index in [4.69, 9.17) is 0 Å². The molecule has 1 aliphatic carbocycles. The Morgan fingerprint density at radius 2 is 1.53 bits per heavy atom. The van der Waals surface area contributed by atoms with E-state index in [2.05, 4.69) is 0 Å². The molecule has 86 valence electrons. The molecule has 0 saturated heterocycles. The number of allylic oxidation sites excluding steroid dienone is 3. The van der Waals surface area contributed by atoms with Crippen molar-refractivity contribution in [3.8, 4) is 0 Å². The molecule has 0 atom stereocenters. The van der Waals surface area contributed by atoms with Crippen LogP contribution in [0, 0.1) is 0 Å². The monoisotopic (exact) mass is 228 g/mol. The van der Waals surface area contributed by atoms with Gasteiger partial charge in [0, 0.05) is 0 Å². The summed E-state index contributed by atoms with van der Waals surface area (Å²) in [5, 5.41) is 0. The Kier molecular flexibility index (Phi) is 5.31. The van der Waals surface area contributed by atoms with Gasteiger partial charge >= 0.3 is 0 Å². The van der Waals surface area contributed by atoms with Crippen molar-refractivity contribution in [3.05, 3.63) is 54.1 Å². The average Bonchev–Trinajstić information content (AvgIpc) is 2.73. The summed E-state index contributed by atoms with van der Waals surface area (Å²) in [5.41, 5.74) is 1.05. The van der Waals surface area contributed by atoms with E-state index in [1.165, 1.54) is 18.2 Å². The third-order valence-corrected chi connectivity index (χ3v) is 1.97. The lowest BCUT2D eigenvalue weighted by Gasteiger charge is -1.86. The molecule has 0 unspecified atom stereocenters. The molecule has 0 radical (unpaired) electrons. The number of carbonyl (C=O) groups is 3. The molecule has 0 aromatic heterocycles. The molecule has 0 amide bonds. The lowest BCUT2D eigenvalue weighted by molar-refractivity contribution is -0.120. The van der Waals surface area contributed by atoms with Gasteiger partial charge in [0.1, 0.15) is 6.29 Å². The van der Waals surface area contributed by atoms with E-state index in [-0.39, 0.29) is 18.0 Å². The average molecular weight is 228 g/mol. The Hall–Kier alpha value is -2.29. The van der Waals surface area contributed by atoms with Crippen molar-refractivity contribution in [1.29, 1.82) is 0 Å². The van der Waals surface area contributed by atoms with E-state index < -0.39 is 0 Å². The normalized spacial score (nSPS) is 13.6. The molecule has 0 spiro atoms. The Labute approximate surface area is 99.5 Å². The van der Waals surface area contributed by atoms with Crippen LogP contribution in [0.25, 0.3) is 6.08 Å². The minimum atomic E-state index is -0.0787. The zero-order chi connectivity index (χ0) is 12.5. The van der Waals surface area contributed by atoms with E-state index in [1.807, 2.05) is 30.3 Å². The van der Waals surface area contributed by atoms with Gasteiger partial charge in [0.05, 0.1) is 6.42 Å². The van der Waals surface area contributed by atoms with Crippen LogP contribution in [-0.2, 0) is 14.4 Å². The van der Waals surface area contributed by atoms with E-state index in [9.17, 15) is 14.4 Å². The molecule has 2 rings (SSSR count). The lowest BCUT2D eigenvalue weighted by atomic mass is 10.2. The Balaban J connectivity index is 0.000000181. The van der Waals surface area contributed by atoms with E-state index >= 15 is 0 Å². The fourth-order valence-corrected chi connectivity index (χ4v) is 1.19. The predicted molar refractivity (Wildman–Crippen MR) is 65.3 cm³/mol. The van der Waals surface area contributed by atoms with Gasteiger partial charge < -0.3 is 0 Å². The summed E-state index contributed by atoms with van der Waals surface area (Å²) in [4.78, 5) is 30.2. The smallest absolute Gasteiger partial charge is 0.163 e. The first-order valence-electron chi connectivity index (χ1n) is 5.13. The first-order chi connectivity index (χ1) is 8.22. The molecular weight excluding hydrogens is 216 g/mol. The summed E-state index contributed by atoms with van der Waals surface area (Å²) < 4.78 is 0. The lowest BCUT2D eigenvalue weighted by Crippen LogP contribution is -1.90. The zero-order valence-corrected chi connectivity index (χ0v) is 9.21. The number of hydrogen-bond donors (Lipinski definition) is 0. The fourth-order valence-electron chi connectivity index (χ4n) is 1.19. The number of benzene rings is 1. The number of hydrogen-bond acceptors (Lipinski definition) is 3. The van der Waals surface area contributed by atoms with Gasteiger partial charge in [-0.05, 0) is 23.8 Å². The van der Waals surface area contributed by atoms with Crippen molar-refractivity contribution in [2.45, 2.75) is 6.42 Å². The minimum absolute atomic E-state index is 0.0787. The largest absolute Gasteiger partial charge is 0.299 e. The van der Waals surface area contributed by atoms with Crippen LogP contribution in [-0.4, -0.2) is 17.9 Å². The Morgan fingerprint density at radius 3 is 1.94 bits per heavy atom. The Morgan fingerprint density at radius 1 is 0.941 bits per heavy atom. The summed E-state index contributed by atoms with van der Waals surface area (Å²) in [6.45, 7) is 0. The quantitative estimate of drug-likeness (QED) is 0.442. The highest BCUT2D eigenvalue weighted by atomic mass is 16.1. The molecule has 1 aliphatic rings. The summed E-state index contributed by atoms with van der Waals surface area (Å²) in [6.07, 6.45) is 6.72. The molecule has 3 heteroatoms. The molecule has 17 heavy (non-hydrogen) atoms. The van der Waals surface area contributed by atoms with E-state index in [1.54, 1.807) is 6.08 Å². The predicted octanol–water partition coefficient (Wildman–Crippen LogP) is 1.98. The molecular formula is C14H12O3. The topological polar surface area (TPSA) is 51.2 Å². The number of aldehydes is 1. The van der Waals surface area contributed by atoms with Crippen LogP contribution < -0.4 is 0 Å². The number of ketones is 2. The first kappa shape index (κ1) is 12.8. The van der Waals surface area contributed by atoms with Gasteiger partial charge in [-0.25, -0.2) is 0 Å². The summed E-state index contributed by atoms with van der Waals surface area (Å²) >= 11 is 0. The Bertz CT molecular complexity index is 440. The van der Waals surface area contributed by atoms with Crippen LogP contribution in [0.5, 0.6) is 0 Å². The standard InChI is InChI=1S/C9H8O.C5H4O2/c10-8-4-7-9-5-2-1-3-6-9;6-4-1-2-5(7)3-4/h1-8H;1-2H,3H2/b7-4+;. The van der Waals surface area contributed by atoms with Gasteiger partial charge in [-0.3, -0.25) is 14.4 Å². The molecule has 3 nitrogen and oxygen atoms in total. The van der Waals surface area contributed by atoms with Crippen molar-refractivity contribution < 1.29 is 14.4 Å². The fraction of sp³-hybridized carbons (Fsp3) is 0.0714. The molecule has 0 aliphatic heterocycles. The number of rotatable bonds is 2. The highest BCUT2D eigenvalue weighted by Gasteiger charge is 2.09. The van der Waals surface area contributed by atoms with Gasteiger partial charge in [0.2, 0.25) is 0 Å². The maximum atomic E-state index is 10.1. The molecule has 1 aromatic carbocycles. The second kappa shape index (κ2) is 7.06. The van der Waals surface area contributed by atoms with Gasteiger partial charge in [-0.15, -0.1) is 0 Å². The highest BCUT2D eigenvalue weighted by molar-refractivity contribution is 6.16. The van der Waals surface area contributed by atoms with Crippen molar-refractivity contribution in [1.82, 2.24) is 0 Å². The SMILES string of the molecule is O=C/C=C/c1ccccc1.O=C1C=CC(=O)C1. The molecule has 0 saturated carbocycles. The van der Waals surface area contributed by atoms with E-state index in [0.29, 0.717) is 0 Å². The molecule has 1 aromatic rings. The second-order valence-corrected chi connectivity index (χ2v) is 3.35. The van der Waals surface area contributed by atoms with Crippen LogP contribution >= 0.6 is 0 Å². The molecule has 0 N–H and O–H groups in total. The summed E-state index contributed by atoms with van der Waals surface area (Å²) in [7, 11) is 0. The van der Waals surface area contributed by atoms with Gasteiger partial charge in [-0.1, -0.05) is 36.4 Å². The first-order valence-corrected chi connectivity index (χ1v) is 5.13. The van der Waals surface area contributed by atoms with Crippen LogP contribution in [0.4, 0.5) is 0 Å². The third kappa shape index (κ3) is 5.37. The molecule has 0 fully saturated rings. The minimum Gasteiger partial charge on any atom is -0.299 e. The zero-order valence-electron chi connectivity index (χ0n) is 9.21. The van der Waals surface area contributed by atoms with Crippen molar-refractivity contribution in [2.24, 2.45) is 0 Å². The van der Waals surface area contributed by atoms with Gasteiger partial charge in [0.15, 0.2) is 11.6 Å². The molecule has 0 heterocycles. The van der Waals surface area contributed by atoms with Crippen LogP contribution in [0.2, 0.25) is 0 Å².